The van der Waals surface area contributed by atoms with Crippen LogP contribution in [-0.2, 0) is 0 Å². The molecule has 0 saturated carbocycles. The van der Waals surface area contributed by atoms with E-state index in [1.807, 2.05) is 30.3 Å². The van der Waals surface area contributed by atoms with Crippen LogP contribution in [0, 0.1) is 0 Å². The molecule has 0 aliphatic carbocycles. The van der Waals surface area contributed by atoms with Gasteiger partial charge in [-0.25, -0.2) is 0 Å². The number of nitrogens with zero attached hydrogens (tertiary/aromatic N) is 2. The first-order valence-electron chi connectivity index (χ1n) is 5.14. The number of hydrogen-bond acceptors (Lipinski definition) is 4. The molecule has 5 heteroatoms. The van der Waals surface area contributed by atoms with Gasteiger partial charge in [-0.1, -0.05) is 30.3 Å². The topological polar surface area (TPSA) is 87.8 Å². The number of fused-ring (bicyclic) bond motifs is 1. The van der Waals surface area contributed by atoms with Crippen molar-refractivity contribution in [1.82, 2.24) is 15.4 Å². The molecule has 5 nitrogen and oxygen atoms in total. The second-order valence-corrected chi connectivity index (χ2v) is 3.75. The SMILES string of the molecule is Nc1cc2n[nH]nc2c(-c2ccccc2)c1O. The first-order chi connectivity index (χ1) is 8.27. The van der Waals surface area contributed by atoms with Crippen molar-refractivity contribution in [3.63, 3.8) is 0 Å². The van der Waals surface area contributed by atoms with Gasteiger partial charge in [-0.05, 0) is 11.6 Å². The molecule has 3 rings (SSSR count). The van der Waals surface area contributed by atoms with Gasteiger partial charge >= 0.3 is 0 Å². The summed E-state index contributed by atoms with van der Waals surface area (Å²) < 4.78 is 0. The molecule has 84 valence electrons. The maximum Gasteiger partial charge on any atom is 0.148 e. The Hall–Kier alpha value is -2.56. The van der Waals surface area contributed by atoms with E-state index in [4.69, 9.17) is 5.73 Å². The van der Waals surface area contributed by atoms with Gasteiger partial charge in [0.25, 0.3) is 0 Å². The zero-order valence-electron chi connectivity index (χ0n) is 8.88. The number of rotatable bonds is 1. The van der Waals surface area contributed by atoms with Gasteiger partial charge in [0.2, 0.25) is 0 Å². The molecule has 0 atom stereocenters. The minimum atomic E-state index is 0.0394. The summed E-state index contributed by atoms with van der Waals surface area (Å²) in [5, 5.41) is 20.6. The van der Waals surface area contributed by atoms with Crippen LogP contribution < -0.4 is 5.73 Å². The monoisotopic (exact) mass is 226 g/mol. The minimum absolute atomic E-state index is 0.0394. The highest BCUT2D eigenvalue weighted by molar-refractivity contribution is 5.98. The summed E-state index contributed by atoms with van der Waals surface area (Å²) in [5.41, 5.74) is 8.76. The fourth-order valence-corrected chi connectivity index (χ4v) is 1.87. The third kappa shape index (κ3) is 1.40. The molecule has 0 amide bonds. The van der Waals surface area contributed by atoms with E-state index in [1.165, 1.54) is 0 Å². The number of nitrogens with one attached hydrogen (secondary N) is 1. The lowest BCUT2D eigenvalue weighted by Gasteiger charge is -2.07. The number of nitrogens with two attached hydrogens (primary N) is 1. The quantitative estimate of drug-likeness (QED) is 0.437. The van der Waals surface area contributed by atoms with Crippen molar-refractivity contribution in [2.45, 2.75) is 0 Å². The standard InChI is InChI=1S/C12H10N4O/c13-8-6-9-11(15-16-14-9)10(12(8)17)7-4-2-1-3-5-7/h1-6,17H,13H2,(H,14,15,16). The second kappa shape index (κ2) is 3.48. The third-order valence-corrected chi connectivity index (χ3v) is 2.68. The molecule has 1 aromatic heterocycles. The van der Waals surface area contributed by atoms with Crippen molar-refractivity contribution in [3.05, 3.63) is 36.4 Å². The number of H-pyrrole nitrogens is 1. The number of benzene rings is 2. The Bertz CT molecular complexity index is 676. The molecule has 4 N–H and O–H groups in total. The lowest BCUT2D eigenvalue weighted by Crippen LogP contribution is -1.90. The van der Waals surface area contributed by atoms with Gasteiger partial charge in [0.1, 0.15) is 16.8 Å². The fraction of sp³-hybridized carbons (Fsp3) is 0. The molecule has 0 aliphatic rings. The Kier molecular flexibility index (Phi) is 1.98. The van der Waals surface area contributed by atoms with Crippen molar-refractivity contribution in [2.24, 2.45) is 0 Å². The lowest BCUT2D eigenvalue weighted by molar-refractivity contribution is 0.480. The summed E-state index contributed by atoms with van der Waals surface area (Å²) >= 11 is 0. The third-order valence-electron chi connectivity index (χ3n) is 2.68. The molecule has 0 fully saturated rings. The number of aromatic nitrogens is 3. The summed E-state index contributed by atoms with van der Waals surface area (Å²) in [6, 6.07) is 11.1. The largest absolute Gasteiger partial charge is 0.505 e. The van der Waals surface area contributed by atoms with Crippen LogP contribution >= 0.6 is 0 Å². The van der Waals surface area contributed by atoms with Crippen LogP contribution in [0.5, 0.6) is 5.75 Å². The number of anilines is 1. The molecule has 0 aliphatic heterocycles. The summed E-state index contributed by atoms with van der Waals surface area (Å²) in [5.74, 6) is 0.0394. The number of hydrogen-bond donors (Lipinski definition) is 3. The number of phenolic OH excluding ortho intramolecular Hbond substituents is 1. The van der Waals surface area contributed by atoms with Crippen molar-refractivity contribution in [3.8, 4) is 16.9 Å². The maximum atomic E-state index is 10.1. The molecule has 3 aromatic rings. The summed E-state index contributed by atoms with van der Waals surface area (Å²) in [6.07, 6.45) is 0. The molecule has 0 bridgehead atoms. The first-order valence-corrected chi connectivity index (χ1v) is 5.14. The van der Waals surface area contributed by atoms with Crippen LogP contribution in [0.25, 0.3) is 22.2 Å². The summed E-state index contributed by atoms with van der Waals surface area (Å²) in [6.45, 7) is 0. The number of aromatic amines is 1. The van der Waals surface area contributed by atoms with E-state index in [2.05, 4.69) is 15.4 Å². The van der Waals surface area contributed by atoms with E-state index < -0.39 is 0 Å². The van der Waals surface area contributed by atoms with E-state index >= 15 is 0 Å². The van der Waals surface area contributed by atoms with Crippen LogP contribution in [0.3, 0.4) is 0 Å². The number of nitrogen functional groups attached to an aromatic ring is 1. The van der Waals surface area contributed by atoms with E-state index in [1.54, 1.807) is 6.07 Å². The van der Waals surface area contributed by atoms with Gasteiger partial charge in [0.05, 0.1) is 11.3 Å². The van der Waals surface area contributed by atoms with Crippen LogP contribution in [0.2, 0.25) is 0 Å². The predicted molar refractivity (Wildman–Crippen MR) is 65.4 cm³/mol. The Balaban J connectivity index is 2.42. The highest BCUT2D eigenvalue weighted by Crippen LogP contribution is 2.38. The van der Waals surface area contributed by atoms with Crippen molar-refractivity contribution < 1.29 is 5.11 Å². The van der Waals surface area contributed by atoms with Crippen LogP contribution in [0.1, 0.15) is 0 Å². The average Bonchev–Trinajstić information content (AvgIpc) is 2.79. The Morgan fingerprint density at radius 1 is 1.12 bits per heavy atom. The molecule has 17 heavy (non-hydrogen) atoms. The molecule has 2 aromatic carbocycles. The predicted octanol–water partition coefficient (Wildman–Crippen LogP) is 1.91. The highest BCUT2D eigenvalue weighted by atomic mass is 16.3. The zero-order chi connectivity index (χ0) is 11.8. The van der Waals surface area contributed by atoms with Crippen LogP contribution in [0.15, 0.2) is 36.4 Å². The second-order valence-electron chi connectivity index (χ2n) is 3.75. The van der Waals surface area contributed by atoms with Gasteiger partial charge < -0.3 is 10.8 Å². The molecule has 0 radical (unpaired) electrons. The van der Waals surface area contributed by atoms with E-state index in [9.17, 15) is 5.11 Å². The Morgan fingerprint density at radius 3 is 2.65 bits per heavy atom. The van der Waals surface area contributed by atoms with Crippen LogP contribution in [0.4, 0.5) is 5.69 Å². The van der Waals surface area contributed by atoms with Crippen LogP contribution in [-0.4, -0.2) is 20.5 Å². The van der Waals surface area contributed by atoms with E-state index in [0.29, 0.717) is 22.3 Å². The zero-order valence-corrected chi connectivity index (χ0v) is 8.88. The number of phenols is 1. The minimum Gasteiger partial charge on any atom is -0.505 e. The smallest absolute Gasteiger partial charge is 0.148 e. The van der Waals surface area contributed by atoms with Gasteiger partial charge in [-0.3, -0.25) is 0 Å². The molecule has 0 saturated heterocycles. The first kappa shape index (κ1) is 9.65. The van der Waals surface area contributed by atoms with Gasteiger partial charge in [0, 0.05) is 0 Å². The molecular weight excluding hydrogens is 216 g/mol. The maximum absolute atomic E-state index is 10.1. The fourth-order valence-electron chi connectivity index (χ4n) is 1.87. The molecular formula is C12H10N4O. The normalized spacial score (nSPS) is 10.8. The van der Waals surface area contributed by atoms with Gasteiger partial charge in [-0.15, -0.1) is 0 Å². The average molecular weight is 226 g/mol. The van der Waals surface area contributed by atoms with Crippen molar-refractivity contribution >= 4 is 16.7 Å². The Morgan fingerprint density at radius 2 is 1.88 bits per heavy atom. The molecule has 0 spiro atoms. The Labute approximate surface area is 96.9 Å². The highest BCUT2D eigenvalue weighted by Gasteiger charge is 2.15. The van der Waals surface area contributed by atoms with Crippen molar-refractivity contribution in [2.75, 3.05) is 5.73 Å². The van der Waals surface area contributed by atoms with Gasteiger partial charge in [-0.2, -0.15) is 15.4 Å². The summed E-state index contributed by atoms with van der Waals surface area (Å²) in [7, 11) is 0. The number of aromatic hydroxyl groups is 1. The molecule has 0 unspecified atom stereocenters. The van der Waals surface area contributed by atoms with E-state index in [0.717, 1.165) is 5.56 Å². The van der Waals surface area contributed by atoms with E-state index in [-0.39, 0.29) is 5.75 Å². The molecule has 1 heterocycles. The lowest BCUT2D eigenvalue weighted by atomic mass is 10.0. The summed E-state index contributed by atoms with van der Waals surface area (Å²) in [4.78, 5) is 0. The van der Waals surface area contributed by atoms with Gasteiger partial charge in [0.15, 0.2) is 0 Å². The van der Waals surface area contributed by atoms with Crippen molar-refractivity contribution in [1.29, 1.82) is 0 Å².